The Hall–Kier alpha value is -2.75. The Morgan fingerprint density at radius 3 is 2.34 bits per heavy atom. The second-order valence-electron chi connectivity index (χ2n) is 7.24. The quantitative estimate of drug-likeness (QED) is 0.511. The van der Waals surface area contributed by atoms with Crippen molar-refractivity contribution < 1.29 is 8.42 Å². The molecule has 0 amide bonds. The van der Waals surface area contributed by atoms with Crippen molar-refractivity contribution >= 4 is 39.3 Å². The van der Waals surface area contributed by atoms with Gasteiger partial charge in [-0.15, -0.1) is 4.40 Å². The van der Waals surface area contributed by atoms with Gasteiger partial charge >= 0.3 is 10.2 Å². The van der Waals surface area contributed by atoms with Crippen LogP contribution in [0, 0.1) is 0 Å². The van der Waals surface area contributed by atoms with E-state index in [1.807, 2.05) is 42.5 Å². The fourth-order valence-electron chi connectivity index (χ4n) is 3.45. The minimum absolute atomic E-state index is 0.0678. The van der Waals surface area contributed by atoms with E-state index < -0.39 is 10.2 Å². The summed E-state index contributed by atoms with van der Waals surface area (Å²) in [6, 6.07) is 17.3. The summed E-state index contributed by atoms with van der Waals surface area (Å²) < 4.78 is 30.9. The number of amidine groups is 1. The van der Waals surface area contributed by atoms with Gasteiger partial charge in [0.05, 0.1) is 18.1 Å². The molecule has 1 aliphatic rings. The molecule has 2 N–H and O–H groups in total. The molecule has 1 aliphatic heterocycles. The molecule has 2 aromatic carbocycles. The average molecular weight is 475 g/mol. The van der Waals surface area contributed by atoms with E-state index in [4.69, 9.17) is 22.4 Å². The summed E-state index contributed by atoms with van der Waals surface area (Å²) in [5.41, 5.74) is 8.49. The molecule has 0 spiro atoms. The molecule has 0 radical (unpaired) electrons. The third-order valence-electron chi connectivity index (χ3n) is 4.99. The van der Waals surface area contributed by atoms with E-state index in [0.717, 1.165) is 16.8 Å². The maximum atomic E-state index is 12.8. The van der Waals surface area contributed by atoms with Crippen molar-refractivity contribution in [3.05, 3.63) is 70.7 Å². The van der Waals surface area contributed by atoms with E-state index in [-0.39, 0.29) is 17.7 Å². The standard InChI is InChI=1S/C22H27ClN6O2S/c1-4-28(5-2)32(30,31)27-22(25-16(3)24)29-15-20(17-9-7-6-8-10-17)21(26-29)18-11-13-19(23)14-12-18/h6-14,20H,4-5,15H2,1-3H3,(H2,24,25,27)/t20-/m0/s1. The molecule has 0 unspecified atom stereocenters. The van der Waals surface area contributed by atoms with Gasteiger partial charge in [-0.3, -0.25) is 0 Å². The van der Waals surface area contributed by atoms with Crippen LogP contribution in [-0.2, 0) is 10.2 Å². The van der Waals surface area contributed by atoms with Crippen molar-refractivity contribution in [2.75, 3.05) is 19.6 Å². The first kappa shape index (κ1) is 23.9. The number of halogens is 1. The van der Waals surface area contributed by atoms with Crippen molar-refractivity contribution in [2.24, 2.45) is 20.2 Å². The lowest BCUT2D eigenvalue weighted by atomic mass is 9.91. The van der Waals surface area contributed by atoms with Gasteiger partial charge in [0, 0.05) is 24.0 Å². The van der Waals surface area contributed by atoms with Crippen LogP contribution in [0.1, 0.15) is 37.8 Å². The fraction of sp³-hybridized carbons (Fsp3) is 0.318. The molecular formula is C22H27ClN6O2S. The van der Waals surface area contributed by atoms with E-state index in [1.54, 1.807) is 32.9 Å². The Bertz CT molecular complexity index is 1120. The fourth-order valence-corrected chi connectivity index (χ4v) is 4.68. The summed E-state index contributed by atoms with van der Waals surface area (Å²) in [5.74, 6) is -0.00120. The van der Waals surface area contributed by atoms with Crippen LogP contribution in [0.3, 0.4) is 0 Å². The number of benzene rings is 2. The topological polar surface area (TPSA) is 104 Å². The van der Waals surface area contributed by atoms with Crippen molar-refractivity contribution in [1.29, 1.82) is 0 Å². The van der Waals surface area contributed by atoms with E-state index in [2.05, 4.69) is 9.39 Å². The molecule has 0 aromatic heterocycles. The molecule has 32 heavy (non-hydrogen) atoms. The average Bonchev–Trinajstić information content (AvgIpc) is 3.20. The number of rotatable bonds is 6. The van der Waals surface area contributed by atoms with Gasteiger partial charge in [0.15, 0.2) is 0 Å². The third kappa shape index (κ3) is 5.53. The lowest BCUT2D eigenvalue weighted by Gasteiger charge is -2.18. The summed E-state index contributed by atoms with van der Waals surface area (Å²) >= 11 is 6.07. The largest absolute Gasteiger partial charge is 0.387 e. The molecule has 1 heterocycles. The lowest BCUT2D eigenvalue weighted by molar-refractivity contribution is 0.441. The smallest absolute Gasteiger partial charge is 0.325 e. The molecule has 0 aliphatic carbocycles. The summed E-state index contributed by atoms with van der Waals surface area (Å²) in [7, 11) is -3.94. The van der Waals surface area contributed by atoms with Gasteiger partial charge in [0.2, 0.25) is 0 Å². The van der Waals surface area contributed by atoms with Gasteiger partial charge in [-0.2, -0.15) is 22.8 Å². The molecule has 0 fully saturated rings. The predicted molar refractivity (Wildman–Crippen MR) is 130 cm³/mol. The Morgan fingerprint density at radius 2 is 1.78 bits per heavy atom. The number of hydrazone groups is 1. The molecule has 0 bridgehead atoms. The van der Waals surface area contributed by atoms with E-state index in [1.165, 1.54) is 9.31 Å². The summed E-state index contributed by atoms with van der Waals surface area (Å²) in [6.07, 6.45) is 0. The number of nitrogens with two attached hydrogens (primary N) is 1. The molecular weight excluding hydrogens is 448 g/mol. The molecule has 8 nitrogen and oxygen atoms in total. The Kier molecular flexibility index (Phi) is 7.65. The third-order valence-corrected chi connectivity index (χ3v) is 6.81. The number of nitrogens with zero attached hydrogens (tertiary/aromatic N) is 5. The Labute approximate surface area is 194 Å². The molecule has 10 heteroatoms. The maximum absolute atomic E-state index is 12.8. The van der Waals surface area contributed by atoms with Crippen LogP contribution >= 0.6 is 11.6 Å². The number of guanidine groups is 1. The zero-order valence-electron chi connectivity index (χ0n) is 18.3. The predicted octanol–water partition coefficient (Wildman–Crippen LogP) is 3.46. The summed E-state index contributed by atoms with van der Waals surface area (Å²) in [4.78, 5) is 4.20. The second-order valence-corrected chi connectivity index (χ2v) is 9.28. The highest BCUT2D eigenvalue weighted by atomic mass is 35.5. The van der Waals surface area contributed by atoms with Gasteiger partial charge in [-0.05, 0) is 30.2 Å². The highest BCUT2D eigenvalue weighted by Crippen LogP contribution is 2.30. The van der Waals surface area contributed by atoms with Crippen LogP contribution in [0.4, 0.5) is 0 Å². The van der Waals surface area contributed by atoms with Crippen molar-refractivity contribution in [3.63, 3.8) is 0 Å². The minimum atomic E-state index is -3.94. The van der Waals surface area contributed by atoms with Gasteiger partial charge in [0.1, 0.15) is 0 Å². The monoisotopic (exact) mass is 474 g/mol. The van der Waals surface area contributed by atoms with Gasteiger partial charge in [-0.25, -0.2) is 5.01 Å². The second kappa shape index (κ2) is 10.2. The van der Waals surface area contributed by atoms with E-state index in [9.17, 15) is 8.42 Å². The van der Waals surface area contributed by atoms with Crippen molar-refractivity contribution in [1.82, 2.24) is 9.31 Å². The van der Waals surface area contributed by atoms with E-state index >= 15 is 0 Å². The van der Waals surface area contributed by atoms with Crippen LogP contribution in [0.5, 0.6) is 0 Å². The zero-order valence-corrected chi connectivity index (χ0v) is 19.9. The van der Waals surface area contributed by atoms with E-state index in [0.29, 0.717) is 24.7 Å². The summed E-state index contributed by atoms with van der Waals surface area (Å²) in [6.45, 7) is 6.05. The number of hydrogen-bond donors (Lipinski definition) is 1. The van der Waals surface area contributed by atoms with Crippen molar-refractivity contribution in [3.8, 4) is 0 Å². The Balaban J connectivity index is 2.10. The first-order chi connectivity index (χ1) is 15.2. The molecule has 2 aromatic rings. The number of hydrogen-bond acceptors (Lipinski definition) is 3. The molecule has 3 rings (SSSR count). The van der Waals surface area contributed by atoms with Crippen LogP contribution in [0.15, 0.2) is 69.1 Å². The van der Waals surface area contributed by atoms with Crippen LogP contribution in [-0.4, -0.2) is 54.9 Å². The minimum Gasteiger partial charge on any atom is -0.387 e. The first-order valence-corrected chi connectivity index (χ1v) is 12.1. The van der Waals surface area contributed by atoms with Crippen LogP contribution in [0.2, 0.25) is 5.02 Å². The highest BCUT2D eigenvalue weighted by molar-refractivity contribution is 7.87. The molecule has 0 saturated heterocycles. The number of aliphatic imine (C=N–C) groups is 1. The molecule has 170 valence electrons. The van der Waals surface area contributed by atoms with Gasteiger partial charge in [-0.1, -0.05) is 67.9 Å². The van der Waals surface area contributed by atoms with Crippen molar-refractivity contribution in [2.45, 2.75) is 26.7 Å². The van der Waals surface area contributed by atoms with Gasteiger partial charge in [0.25, 0.3) is 5.96 Å². The zero-order chi connectivity index (χ0) is 23.3. The maximum Gasteiger partial charge on any atom is 0.325 e. The lowest BCUT2D eigenvalue weighted by Crippen LogP contribution is -2.33. The van der Waals surface area contributed by atoms with Crippen LogP contribution in [0.25, 0.3) is 0 Å². The normalized spacial score (nSPS) is 17.7. The SMILES string of the molecule is CCN(CC)S(=O)(=O)/N=C(/N=C(/C)N)N1C[C@@H](c2ccccc2)C(c2ccc(Cl)cc2)=N1. The first-order valence-electron chi connectivity index (χ1n) is 10.3. The Morgan fingerprint density at radius 1 is 1.16 bits per heavy atom. The molecule has 0 saturated carbocycles. The summed E-state index contributed by atoms with van der Waals surface area (Å²) in [5, 5.41) is 6.85. The molecule has 1 atom stereocenters. The highest BCUT2D eigenvalue weighted by Gasteiger charge is 2.33. The van der Waals surface area contributed by atoms with Crippen LogP contribution < -0.4 is 5.73 Å². The van der Waals surface area contributed by atoms with Gasteiger partial charge < -0.3 is 5.73 Å².